The minimum absolute atomic E-state index is 0.0177. The molecule has 1 unspecified atom stereocenters. The number of nitrogens with zero attached hydrogens (tertiary/aromatic N) is 1. The van der Waals surface area contributed by atoms with Crippen LogP contribution in [0.5, 0.6) is 0 Å². The van der Waals surface area contributed by atoms with Crippen LogP contribution in [0.15, 0.2) is 12.1 Å². The van der Waals surface area contributed by atoms with Gasteiger partial charge in [0.05, 0.1) is 15.0 Å². The molecule has 94 valence electrons. The van der Waals surface area contributed by atoms with Crippen molar-refractivity contribution in [3.63, 3.8) is 0 Å². The van der Waals surface area contributed by atoms with Crippen LogP contribution in [0, 0.1) is 10.1 Å². The molecule has 0 aliphatic heterocycles. The van der Waals surface area contributed by atoms with E-state index in [-0.39, 0.29) is 16.8 Å². The van der Waals surface area contributed by atoms with Crippen molar-refractivity contribution >= 4 is 28.9 Å². The van der Waals surface area contributed by atoms with Crippen molar-refractivity contribution in [3.05, 3.63) is 37.9 Å². The third-order valence-corrected chi connectivity index (χ3v) is 3.12. The number of nitro groups is 1. The SMILES string of the molecule is CCNC(C)Cc1cc(Cl)c(Cl)cc1[N+](=O)[O-]. The molecule has 6 heteroatoms. The molecule has 0 bridgehead atoms. The van der Waals surface area contributed by atoms with Gasteiger partial charge in [-0.05, 0) is 26.0 Å². The Bertz CT molecular complexity index is 424. The lowest BCUT2D eigenvalue weighted by Gasteiger charge is -2.12. The van der Waals surface area contributed by atoms with Gasteiger partial charge in [-0.15, -0.1) is 0 Å². The highest BCUT2D eigenvalue weighted by molar-refractivity contribution is 6.42. The molecule has 4 nitrogen and oxygen atoms in total. The minimum Gasteiger partial charge on any atom is -0.314 e. The Kier molecular flexibility index (Phi) is 5.18. The number of hydrogen-bond donors (Lipinski definition) is 1. The van der Waals surface area contributed by atoms with Gasteiger partial charge >= 0.3 is 0 Å². The Hall–Kier alpha value is -0.840. The fourth-order valence-electron chi connectivity index (χ4n) is 1.66. The van der Waals surface area contributed by atoms with E-state index in [0.717, 1.165) is 6.54 Å². The van der Waals surface area contributed by atoms with E-state index in [1.165, 1.54) is 6.07 Å². The van der Waals surface area contributed by atoms with Crippen LogP contribution in [0.2, 0.25) is 10.0 Å². The quantitative estimate of drug-likeness (QED) is 0.662. The Balaban J connectivity index is 3.04. The van der Waals surface area contributed by atoms with Gasteiger partial charge in [-0.2, -0.15) is 0 Å². The van der Waals surface area contributed by atoms with Gasteiger partial charge in [0.1, 0.15) is 0 Å². The Morgan fingerprint density at radius 3 is 2.53 bits per heavy atom. The predicted octanol–water partition coefficient (Wildman–Crippen LogP) is 3.44. The summed E-state index contributed by atoms with van der Waals surface area (Å²) in [5.41, 5.74) is 0.613. The van der Waals surface area contributed by atoms with Gasteiger partial charge in [-0.1, -0.05) is 30.1 Å². The lowest BCUT2D eigenvalue weighted by molar-refractivity contribution is -0.385. The Morgan fingerprint density at radius 2 is 2.00 bits per heavy atom. The molecule has 0 aliphatic carbocycles. The van der Waals surface area contributed by atoms with E-state index in [4.69, 9.17) is 23.2 Å². The van der Waals surface area contributed by atoms with E-state index in [2.05, 4.69) is 5.32 Å². The van der Waals surface area contributed by atoms with Gasteiger partial charge in [0.25, 0.3) is 5.69 Å². The maximum Gasteiger partial charge on any atom is 0.274 e. The van der Waals surface area contributed by atoms with Crippen molar-refractivity contribution in [1.82, 2.24) is 5.32 Å². The molecule has 0 radical (unpaired) electrons. The summed E-state index contributed by atoms with van der Waals surface area (Å²) < 4.78 is 0. The molecule has 0 fully saturated rings. The first-order valence-corrected chi connectivity index (χ1v) is 6.07. The van der Waals surface area contributed by atoms with E-state index < -0.39 is 4.92 Å². The van der Waals surface area contributed by atoms with Crippen LogP contribution in [0.3, 0.4) is 0 Å². The average Bonchev–Trinajstić information content (AvgIpc) is 2.23. The molecule has 0 aliphatic rings. The first-order chi connectivity index (χ1) is 7.95. The Labute approximate surface area is 110 Å². The van der Waals surface area contributed by atoms with Crippen molar-refractivity contribution in [2.45, 2.75) is 26.3 Å². The Morgan fingerprint density at radius 1 is 1.41 bits per heavy atom. The zero-order valence-electron chi connectivity index (χ0n) is 9.67. The molecule has 0 amide bonds. The summed E-state index contributed by atoms with van der Waals surface area (Å²) in [4.78, 5) is 10.5. The van der Waals surface area contributed by atoms with Gasteiger partial charge in [-0.3, -0.25) is 10.1 Å². The average molecular weight is 277 g/mol. The molecule has 0 saturated heterocycles. The number of halogens is 2. The first-order valence-electron chi connectivity index (χ1n) is 5.31. The number of nitrogens with one attached hydrogen (secondary N) is 1. The molecule has 0 aromatic heterocycles. The largest absolute Gasteiger partial charge is 0.314 e. The van der Waals surface area contributed by atoms with Gasteiger partial charge in [0.2, 0.25) is 0 Å². The molecule has 0 heterocycles. The highest BCUT2D eigenvalue weighted by atomic mass is 35.5. The summed E-state index contributed by atoms with van der Waals surface area (Å²) >= 11 is 11.7. The minimum atomic E-state index is -0.434. The van der Waals surface area contributed by atoms with Crippen LogP contribution in [0.25, 0.3) is 0 Å². The van der Waals surface area contributed by atoms with Crippen molar-refractivity contribution < 1.29 is 4.92 Å². The summed E-state index contributed by atoms with van der Waals surface area (Å²) in [6, 6.07) is 3.02. The molecule has 1 rings (SSSR count). The third kappa shape index (κ3) is 3.84. The normalized spacial score (nSPS) is 12.5. The monoisotopic (exact) mass is 276 g/mol. The van der Waals surface area contributed by atoms with Crippen molar-refractivity contribution in [2.75, 3.05) is 6.54 Å². The number of nitro benzene ring substituents is 1. The molecule has 0 saturated carbocycles. The predicted molar refractivity (Wildman–Crippen MR) is 70.0 cm³/mol. The van der Waals surface area contributed by atoms with Crippen LogP contribution in [0.4, 0.5) is 5.69 Å². The summed E-state index contributed by atoms with van der Waals surface area (Å²) in [7, 11) is 0. The maximum atomic E-state index is 10.9. The topological polar surface area (TPSA) is 55.2 Å². The van der Waals surface area contributed by atoms with Gasteiger partial charge in [0, 0.05) is 17.7 Å². The number of benzene rings is 1. The van der Waals surface area contributed by atoms with Gasteiger partial charge in [-0.25, -0.2) is 0 Å². The molecule has 1 N–H and O–H groups in total. The number of likely N-dealkylation sites (N-methyl/N-ethyl adjacent to an activating group) is 1. The van der Waals surface area contributed by atoms with Crippen LogP contribution in [-0.4, -0.2) is 17.5 Å². The van der Waals surface area contributed by atoms with E-state index in [0.29, 0.717) is 17.0 Å². The van der Waals surface area contributed by atoms with Crippen LogP contribution in [0.1, 0.15) is 19.4 Å². The zero-order valence-corrected chi connectivity index (χ0v) is 11.2. The van der Waals surface area contributed by atoms with E-state index in [9.17, 15) is 10.1 Å². The second-order valence-corrected chi connectivity index (χ2v) is 4.63. The fraction of sp³-hybridized carbons (Fsp3) is 0.455. The lowest BCUT2D eigenvalue weighted by Crippen LogP contribution is -2.27. The molecule has 1 aromatic carbocycles. The number of hydrogen-bond acceptors (Lipinski definition) is 3. The maximum absolute atomic E-state index is 10.9. The molecule has 1 aromatic rings. The highest BCUT2D eigenvalue weighted by Gasteiger charge is 2.18. The van der Waals surface area contributed by atoms with Gasteiger partial charge < -0.3 is 5.32 Å². The summed E-state index contributed by atoms with van der Waals surface area (Å²) in [6.07, 6.45) is 0.543. The van der Waals surface area contributed by atoms with Gasteiger partial charge in [0.15, 0.2) is 0 Å². The molecular weight excluding hydrogens is 263 g/mol. The second kappa shape index (κ2) is 6.19. The van der Waals surface area contributed by atoms with Crippen LogP contribution >= 0.6 is 23.2 Å². The van der Waals surface area contributed by atoms with Crippen molar-refractivity contribution in [1.29, 1.82) is 0 Å². The van der Waals surface area contributed by atoms with Crippen LogP contribution in [-0.2, 0) is 6.42 Å². The lowest BCUT2D eigenvalue weighted by atomic mass is 10.1. The summed E-state index contributed by atoms with van der Waals surface area (Å²) in [5, 5.41) is 14.7. The summed E-state index contributed by atoms with van der Waals surface area (Å²) in [6.45, 7) is 4.77. The molecule has 1 atom stereocenters. The zero-order chi connectivity index (χ0) is 13.0. The molecule has 17 heavy (non-hydrogen) atoms. The number of rotatable bonds is 5. The fourth-order valence-corrected chi connectivity index (χ4v) is 2.01. The highest BCUT2D eigenvalue weighted by Crippen LogP contribution is 2.31. The van der Waals surface area contributed by atoms with E-state index >= 15 is 0 Å². The standard InChI is InChI=1S/C11H14Cl2N2O2/c1-3-14-7(2)4-8-5-9(12)10(13)6-11(8)15(16)17/h5-7,14H,3-4H2,1-2H3. The second-order valence-electron chi connectivity index (χ2n) is 3.81. The molecule has 0 spiro atoms. The third-order valence-electron chi connectivity index (χ3n) is 2.40. The molecular formula is C11H14Cl2N2O2. The smallest absolute Gasteiger partial charge is 0.274 e. The van der Waals surface area contributed by atoms with Crippen molar-refractivity contribution in [2.24, 2.45) is 0 Å². The van der Waals surface area contributed by atoms with Crippen LogP contribution < -0.4 is 5.32 Å². The van der Waals surface area contributed by atoms with E-state index in [1.54, 1.807) is 6.07 Å². The van der Waals surface area contributed by atoms with Crippen molar-refractivity contribution in [3.8, 4) is 0 Å². The first kappa shape index (κ1) is 14.2. The summed E-state index contributed by atoms with van der Waals surface area (Å²) in [5.74, 6) is 0. The van der Waals surface area contributed by atoms with E-state index in [1.807, 2.05) is 13.8 Å².